The van der Waals surface area contributed by atoms with Gasteiger partial charge in [0.05, 0.1) is 10.3 Å². The van der Waals surface area contributed by atoms with Crippen LogP contribution in [0.4, 0.5) is 10.2 Å². The van der Waals surface area contributed by atoms with Crippen LogP contribution >= 0.6 is 0 Å². The highest BCUT2D eigenvalue weighted by molar-refractivity contribution is 7.90. The average molecular weight is 502 g/mol. The molecule has 3 heterocycles. The van der Waals surface area contributed by atoms with Crippen LogP contribution in [0.15, 0.2) is 52.5 Å². The van der Waals surface area contributed by atoms with Gasteiger partial charge in [-0.15, -0.1) is 0 Å². The SMILES string of the molecule is Cc1ccc(S(=O)(=O)n2cc3c(=O)n([C@@H](C(=O)OC(C)(C)C)C(C)C)cc4c3c2NC=C4F)cc1. The maximum atomic E-state index is 15.0. The van der Waals surface area contributed by atoms with Crippen molar-refractivity contribution >= 4 is 38.4 Å². The third kappa shape index (κ3) is 4.27. The van der Waals surface area contributed by atoms with Crippen LogP contribution < -0.4 is 10.9 Å². The lowest BCUT2D eigenvalue weighted by Gasteiger charge is -2.27. The average Bonchev–Trinajstić information content (AvgIpc) is 3.14. The van der Waals surface area contributed by atoms with Crippen molar-refractivity contribution in [1.29, 1.82) is 0 Å². The Balaban J connectivity index is 1.98. The lowest BCUT2D eigenvalue weighted by molar-refractivity contribution is -0.160. The van der Waals surface area contributed by atoms with E-state index in [-0.39, 0.29) is 33.0 Å². The Kier molecular flexibility index (Phi) is 5.91. The summed E-state index contributed by atoms with van der Waals surface area (Å²) >= 11 is 0. The number of esters is 1. The lowest BCUT2D eigenvalue weighted by atomic mass is 10.0. The maximum absolute atomic E-state index is 15.0. The fourth-order valence-electron chi connectivity index (χ4n) is 4.14. The third-order valence-electron chi connectivity index (χ3n) is 5.73. The highest BCUT2D eigenvalue weighted by Crippen LogP contribution is 2.38. The van der Waals surface area contributed by atoms with Gasteiger partial charge in [-0.1, -0.05) is 31.5 Å². The van der Waals surface area contributed by atoms with Crippen molar-refractivity contribution in [2.24, 2.45) is 5.92 Å². The zero-order chi connectivity index (χ0) is 25.9. The van der Waals surface area contributed by atoms with Crippen molar-refractivity contribution in [3.05, 3.63) is 64.3 Å². The van der Waals surface area contributed by atoms with E-state index in [1.54, 1.807) is 46.8 Å². The minimum atomic E-state index is -4.10. The highest BCUT2D eigenvalue weighted by atomic mass is 32.2. The van der Waals surface area contributed by atoms with Crippen molar-refractivity contribution in [3.63, 3.8) is 0 Å². The second kappa shape index (κ2) is 8.37. The molecule has 1 atom stereocenters. The molecule has 0 fully saturated rings. The van der Waals surface area contributed by atoms with Crippen LogP contribution in [0.2, 0.25) is 0 Å². The summed E-state index contributed by atoms with van der Waals surface area (Å²) in [5.41, 5.74) is -0.512. The molecule has 1 aromatic carbocycles. The second-order valence-electron chi connectivity index (χ2n) is 9.99. The number of aryl methyl sites for hydroxylation is 1. The molecule has 3 aromatic rings. The van der Waals surface area contributed by atoms with Crippen LogP contribution in [-0.4, -0.2) is 28.5 Å². The van der Waals surface area contributed by atoms with Crippen LogP contribution in [0.1, 0.15) is 51.8 Å². The lowest BCUT2D eigenvalue weighted by Crippen LogP contribution is -2.37. The van der Waals surface area contributed by atoms with Gasteiger partial charge in [0.2, 0.25) is 0 Å². The predicted molar refractivity (Wildman–Crippen MR) is 132 cm³/mol. The van der Waals surface area contributed by atoms with E-state index in [9.17, 15) is 22.4 Å². The number of pyridine rings is 1. The molecule has 186 valence electrons. The van der Waals surface area contributed by atoms with Crippen molar-refractivity contribution in [2.45, 2.75) is 58.1 Å². The summed E-state index contributed by atoms with van der Waals surface area (Å²) in [5.74, 6) is -1.63. The smallest absolute Gasteiger partial charge is 0.330 e. The molecule has 1 aliphatic rings. The first kappa shape index (κ1) is 24.7. The number of anilines is 1. The van der Waals surface area contributed by atoms with Gasteiger partial charge in [-0.3, -0.25) is 9.36 Å². The zero-order valence-corrected chi connectivity index (χ0v) is 21.2. The van der Waals surface area contributed by atoms with Crippen LogP contribution in [0.5, 0.6) is 0 Å². The number of carbonyl (C=O) groups is 1. The van der Waals surface area contributed by atoms with E-state index in [0.29, 0.717) is 0 Å². The molecule has 4 rings (SSSR count). The Morgan fingerprint density at radius 2 is 1.74 bits per heavy atom. The number of benzene rings is 1. The number of hydrogen-bond acceptors (Lipinski definition) is 6. The van der Waals surface area contributed by atoms with Crippen LogP contribution in [0.3, 0.4) is 0 Å². The van der Waals surface area contributed by atoms with Crippen molar-refractivity contribution < 1.29 is 22.3 Å². The normalized spacial score (nSPS) is 14.6. The Bertz CT molecular complexity index is 1520. The van der Waals surface area contributed by atoms with Gasteiger partial charge in [0.1, 0.15) is 23.3 Å². The molecule has 1 aliphatic heterocycles. The molecule has 0 aliphatic carbocycles. The first-order valence-corrected chi connectivity index (χ1v) is 12.6. The molecule has 0 spiro atoms. The summed E-state index contributed by atoms with van der Waals surface area (Å²) in [5, 5.41) is 2.78. The molecule has 8 nitrogen and oxygen atoms in total. The Hall–Kier alpha value is -3.40. The summed E-state index contributed by atoms with van der Waals surface area (Å²) in [6.07, 6.45) is 3.47. The minimum absolute atomic E-state index is 0.0143. The van der Waals surface area contributed by atoms with E-state index in [4.69, 9.17) is 4.74 Å². The Morgan fingerprint density at radius 3 is 2.31 bits per heavy atom. The highest BCUT2D eigenvalue weighted by Gasteiger charge is 2.34. The van der Waals surface area contributed by atoms with Gasteiger partial charge >= 0.3 is 5.97 Å². The van der Waals surface area contributed by atoms with Gasteiger partial charge in [-0.05, 0) is 45.7 Å². The number of nitrogens with one attached hydrogen (secondary N) is 1. The maximum Gasteiger partial charge on any atom is 0.330 e. The van der Waals surface area contributed by atoms with Crippen molar-refractivity contribution in [3.8, 4) is 0 Å². The molecule has 35 heavy (non-hydrogen) atoms. The van der Waals surface area contributed by atoms with E-state index in [2.05, 4.69) is 5.32 Å². The molecule has 2 aromatic heterocycles. The quantitative estimate of drug-likeness (QED) is 0.514. The number of aromatic nitrogens is 2. The molecule has 1 N–H and O–H groups in total. The standard InChI is InChI=1S/C25H28FN3O5S/c1-14(2)21(24(31)34-25(4,5)6)28-12-17-19(26)11-27-22-20(17)18(23(28)30)13-29(22)35(32,33)16-9-7-15(3)8-10-16/h7-14,21,27H,1-6H3/t21-/m1/s1. The second-order valence-corrected chi connectivity index (χ2v) is 11.8. The van der Waals surface area contributed by atoms with Gasteiger partial charge in [0.25, 0.3) is 15.6 Å². The van der Waals surface area contributed by atoms with Crippen molar-refractivity contribution in [2.75, 3.05) is 5.32 Å². The summed E-state index contributed by atoms with van der Waals surface area (Å²) in [6, 6.07) is 5.24. The summed E-state index contributed by atoms with van der Waals surface area (Å²) in [6.45, 7) is 10.5. The van der Waals surface area contributed by atoms with E-state index in [0.717, 1.165) is 20.3 Å². The summed E-state index contributed by atoms with van der Waals surface area (Å²) < 4.78 is 49.5. The van der Waals surface area contributed by atoms with E-state index in [1.807, 2.05) is 6.92 Å². The molecule has 0 amide bonds. The van der Waals surface area contributed by atoms with Crippen LogP contribution in [0.25, 0.3) is 16.6 Å². The zero-order valence-electron chi connectivity index (χ0n) is 20.4. The number of nitrogens with zero attached hydrogens (tertiary/aromatic N) is 2. The number of ether oxygens (including phenoxy) is 1. The predicted octanol–water partition coefficient (Wildman–Crippen LogP) is 4.58. The fourth-order valence-corrected chi connectivity index (χ4v) is 5.47. The molecule has 0 saturated carbocycles. The molecule has 0 saturated heterocycles. The third-order valence-corrected chi connectivity index (χ3v) is 7.40. The Morgan fingerprint density at radius 1 is 1.11 bits per heavy atom. The Labute approximate surface area is 203 Å². The van der Waals surface area contributed by atoms with E-state index >= 15 is 0 Å². The van der Waals surface area contributed by atoms with Gasteiger partial charge in [0.15, 0.2) is 0 Å². The first-order valence-electron chi connectivity index (χ1n) is 11.2. The largest absolute Gasteiger partial charge is 0.458 e. The van der Waals surface area contributed by atoms with E-state index in [1.165, 1.54) is 24.5 Å². The van der Waals surface area contributed by atoms with E-state index < -0.39 is 39.0 Å². The summed E-state index contributed by atoms with van der Waals surface area (Å²) in [7, 11) is -4.10. The van der Waals surface area contributed by atoms with Crippen LogP contribution in [-0.2, 0) is 19.6 Å². The van der Waals surface area contributed by atoms with Gasteiger partial charge in [-0.25, -0.2) is 21.6 Å². The van der Waals surface area contributed by atoms with Gasteiger partial charge < -0.3 is 10.1 Å². The molecular weight excluding hydrogens is 473 g/mol. The number of carbonyl (C=O) groups excluding carboxylic acids is 1. The topological polar surface area (TPSA) is 99.4 Å². The number of halogens is 1. The number of hydrogen-bond donors (Lipinski definition) is 1. The van der Waals surface area contributed by atoms with Gasteiger partial charge in [-0.2, -0.15) is 0 Å². The monoisotopic (exact) mass is 501 g/mol. The van der Waals surface area contributed by atoms with Crippen molar-refractivity contribution in [1.82, 2.24) is 8.54 Å². The summed E-state index contributed by atoms with van der Waals surface area (Å²) in [4.78, 5) is 26.6. The minimum Gasteiger partial charge on any atom is -0.458 e. The molecule has 0 unspecified atom stereocenters. The molecule has 10 heteroatoms. The van der Waals surface area contributed by atoms with Crippen LogP contribution in [0, 0.1) is 12.8 Å². The molecular formula is C25H28FN3O5S. The number of rotatable bonds is 5. The molecule has 0 bridgehead atoms. The fraction of sp³-hybridized carbons (Fsp3) is 0.360. The molecule has 0 radical (unpaired) electrons. The van der Waals surface area contributed by atoms with Gasteiger partial charge in [0, 0.05) is 29.5 Å². The first-order chi connectivity index (χ1) is 16.2.